The molecule has 15 aromatic rings. The van der Waals surface area contributed by atoms with E-state index in [1.54, 1.807) is 0 Å². The van der Waals surface area contributed by atoms with Crippen LogP contribution < -0.4 is 0 Å². The van der Waals surface area contributed by atoms with Crippen molar-refractivity contribution in [2.75, 3.05) is 0 Å². The number of hydrogen-bond donors (Lipinski definition) is 0. The number of benzene rings is 13. The lowest BCUT2D eigenvalue weighted by Crippen LogP contribution is -1.86. The molecule has 2 heterocycles. The molecule has 13 aromatic carbocycles. The molecule has 0 aliphatic carbocycles. The fourth-order valence-electron chi connectivity index (χ4n) is 11.2. The van der Waals surface area contributed by atoms with Gasteiger partial charge in [-0.3, -0.25) is 0 Å². The van der Waals surface area contributed by atoms with E-state index >= 15 is 0 Å². The van der Waals surface area contributed by atoms with Crippen molar-refractivity contribution in [3.05, 3.63) is 243 Å². The molecular weight excluding hydrogens is 849 g/mol. The average Bonchev–Trinajstić information content (AvgIpc) is 4.00. The molecule has 0 spiro atoms. The molecule has 0 aliphatic rings. The molecular formula is C68H40O2. The molecule has 2 heteroatoms. The Bertz CT molecular complexity index is 4660. The zero-order valence-corrected chi connectivity index (χ0v) is 37.9. The van der Waals surface area contributed by atoms with Crippen molar-refractivity contribution in [2.45, 2.75) is 0 Å². The molecule has 0 atom stereocenters. The summed E-state index contributed by atoms with van der Waals surface area (Å²) in [6.07, 6.45) is 0. The largest absolute Gasteiger partial charge is 0.452 e. The molecule has 0 amide bonds. The van der Waals surface area contributed by atoms with Crippen LogP contribution in [0.25, 0.3) is 153 Å². The van der Waals surface area contributed by atoms with E-state index in [4.69, 9.17) is 8.83 Å². The van der Waals surface area contributed by atoms with Crippen LogP contribution in [0.15, 0.2) is 251 Å². The monoisotopic (exact) mass is 888 g/mol. The van der Waals surface area contributed by atoms with Gasteiger partial charge in [-0.05, 0) is 188 Å². The Kier molecular flexibility index (Phi) is 8.39. The van der Waals surface area contributed by atoms with Crippen molar-refractivity contribution in [3.63, 3.8) is 0 Å². The van der Waals surface area contributed by atoms with Crippen molar-refractivity contribution in [1.82, 2.24) is 0 Å². The SMILES string of the molecule is c1cc(-c2ccc3cc(-c4ccc5oc6c(ccc7c8cc(-c9ccc%10cc(-c%11ccc%12ccccc%12c%11)ccc%10c9)ccc8oc76)c5c4)ccc3c2)cc(-c2cc3ccccc3c3ccccc23)c1. The lowest BCUT2D eigenvalue weighted by Gasteiger charge is -2.13. The first-order chi connectivity index (χ1) is 34.6. The van der Waals surface area contributed by atoms with E-state index in [1.165, 1.54) is 92.8 Å². The predicted octanol–water partition coefficient (Wildman–Crippen LogP) is 19.6. The molecule has 0 saturated carbocycles. The first kappa shape index (κ1) is 38.8. The molecule has 70 heavy (non-hydrogen) atoms. The average molecular weight is 889 g/mol. The van der Waals surface area contributed by atoms with Crippen LogP contribution in [0.4, 0.5) is 0 Å². The minimum absolute atomic E-state index is 0.777. The molecule has 2 aromatic heterocycles. The Morgan fingerprint density at radius 2 is 0.571 bits per heavy atom. The summed E-state index contributed by atoms with van der Waals surface area (Å²) < 4.78 is 13.2. The minimum atomic E-state index is 0.777. The second-order valence-electron chi connectivity index (χ2n) is 18.8. The summed E-state index contributed by atoms with van der Waals surface area (Å²) in [4.78, 5) is 0. The van der Waals surface area contributed by atoms with Crippen molar-refractivity contribution in [3.8, 4) is 55.6 Å². The van der Waals surface area contributed by atoms with Gasteiger partial charge in [0.25, 0.3) is 0 Å². The first-order valence-corrected chi connectivity index (χ1v) is 24.0. The van der Waals surface area contributed by atoms with Gasteiger partial charge in [0.1, 0.15) is 11.2 Å². The number of hydrogen-bond acceptors (Lipinski definition) is 2. The number of fused-ring (bicyclic) bond motifs is 13. The quantitative estimate of drug-likeness (QED) is 0.161. The smallest absolute Gasteiger partial charge is 0.178 e. The standard InChI is InChI=1S/C68H40O2/c1-2-9-42-32-45(17-16-41(42)8-1)47-20-21-50-36-52(25-23-48(50)34-47)54-27-31-66-64(39-54)61-29-28-60-63-38-53(26-30-65(63)69-67(60)68(61)70-66)51-24-22-46-33-44(18-19-49(46)35-51)43-11-7-12-55(37-43)62-40-56-10-3-4-13-57(56)58-14-5-6-15-59(58)62/h1-40H. The highest BCUT2D eigenvalue weighted by molar-refractivity contribution is 6.20. The normalized spacial score (nSPS) is 12.0. The maximum Gasteiger partial charge on any atom is 0.178 e. The topological polar surface area (TPSA) is 26.3 Å². The summed E-state index contributed by atoms with van der Waals surface area (Å²) in [6.45, 7) is 0. The molecule has 0 bridgehead atoms. The van der Waals surface area contributed by atoms with Gasteiger partial charge in [0, 0.05) is 21.5 Å². The zero-order chi connectivity index (χ0) is 45.9. The van der Waals surface area contributed by atoms with E-state index in [0.29, 0.717) is 0 Å². The first-order valence-electron chi connectivity index (χ1n) is 24.0. The Hall–Kier alpha value is -9.24. The Labute approximate surface area is 402 Å². The minimum Gasteiger partial charge on any atom is -0.452 e. The second-order valence-corrected chi connectivity index (χ2v) is 18.8. The molecule has 0 radical (unpaired) electrons. The van der Waals surface area contributed by atoms with Gasteiger partial charge in [-0.2, -0.15) is 0 Å². The van der Waals surface area contributed by atoms with Crippen LogP contribution in [0, 0.1) is 0 Å². The van der Waals surface area contributed by atoms with Crippen LogP contribution in [0.2, 0.25) is 0 Å². The molecule has 0 N–H and O–H groups in total. The fourth-order valence-corrected chi connectivity index (χ4v) is 11.2. The van der Waals surface area contributed by atoms with Gasteiger partial charge in [0.05, 0.1) is 0 Å². The summed E-state index contributed by atoms with van der Waals surface area (Å²) in [7, 11) is 0. The fraction of sp³-hybridized carbons (Fsp3) is 0. The van der Waals surface area contributed by atoms with Crippen molar-refractivity contribution in [2.24, 2.45) is 0 Å². The summed E-state index contributed by atoms with van der Waals surface area (Å²) in [5.41, 5.74) is 15.2. The molecule has 0 fully saturated rings. The van der Waals surface area contributed by atoms with E-state index in [-0.39, 0.29) is 0 Å². The predicted molar refractivity (Wildman–Crippen MR) is 296 cm³/mol. The summed E-state index contributed by atoms with van der Waals surface area (Å²) in [5, 5.41) is 16.7. The molecule has 0 aliphatic heterocycles. The van der Waals surface area contributed by atoms with Gasteiger partial charge in [-0.25, -0.2) is 0 Å². The van der Waals surface area contributed by atoms with E-state index < -0.39 is 0 Å². The molecule has 324 valence electrons. The van der Waals surface area contributed by atoms with E-state index in [9.17, 15) is 0 Å². The van der Waals surface area contributed by atoms with Crippen molar-refractivity contribution in [1.29, 1.82) is 0 Å². The van der Waals surface area contributed by atoms with Gasteiger partial charge in [0.2, 0.25) is 0 Å². The number of rotatable bonds is 5. The van der Waals surface area contributed by atoms with Crippen LogP contribution in [0.5, 0.6) is 0 Å². The van der Waals surface area contributed by atoms with Crippen molar-refractivity contribution < 1.29 is 8.83 Å². The van der Waals surface area contributed by atoms with Crippen LogP contribution >= 0.6 is 0 Å². The zero-order valence-electron chi connectivity index (χ0n) is 37.9. The third kappa shape index (κ3) is 6.20. The number of furan rings is 2. The highest BCUT2D eigenvalue weighted by Gasteiger charge is 2.18. The maximum absolute atomic E-state index is 6.62. The Morgan fingerprint density at radius 3 is 1.11 bits per heavy atom. The third-order valence-electron chi connectivity index (χ3n) is 14.8. The summed E-state index contributed by atoms with van der Waals surface area (Å²) in [5.74, 6) is 0. The van der Waals surface area contributed by atoms with E-state index in [1.807, 2.05) is 0 Å². The Balaban J connectivity index is 0.731. The van der Waals surface area contributed by atoms with Gasteiger partial charge in [-0.1, -0.05) is 164 Å². The van der Waals surface area contributed by atoms with Gasteiger partial charge >= 0.3 is 0 Å². The summed E-state index contributed by atoms with van der Waals surface area (Å²) >= 11 is 0. The highest BCUT2D eigenvalue weighted by Crippen LogP contribution is 2.42. The maximum atomic E-state index is 6.62. The summed E-state index contributed by atoms with van der Waals surface area (Å²) in [6, 6.07) is 88.5. The van der Waals surface area contributed by atoms with E-state index in [0.717, 1.165) is 60.6 Å². The lowest BCUT2D eigenvalue weighted by atomic mass is 9.91. The van der Waals surface area contributed by atoms with Gasteiger partial charge < -0.3 is 8.83 Å². The Morgan fingerprint density at radius 1 is 0.186 bits per heavy atom. The van der Waals surface area contributed by atoms with E-state index in [2.05, 4.69) is 243 Å². The highest BCUT2D eigenvalue weighted by atomic mass is 16.4. The van der Waals surface area contributed by atoms with Crippen molar-refractivity contribution >= 4 is 97.7 Å². The van der Waals surface area contributed by atoms with Crippen LogP contribution in [-0.2, 0) is 0 Å². The lowest BCUT2D eigenvalue weighted by molar-refractivity contribution is 0.633. The van der Waals surface area contributed by atoms with Crippen LogP contribution in [0.3, 0.4) is 0 Å². The van der Waals surface area contributed by atoms with Gasteiger partial charge in [0.15, 0.2) is 11.2 Å². The van der Waals surface area contributed by atoms with Gasteiger partial charge in [-0.15, -0.1) is 0 Å². The van der Waals surface area contributed by atoms with Crippen LogP contribution in [-0.4, -0.2) is 0 Å². The molecule has 2 nitrogen and oxygen atoms in total. The second kappa shape index (κ2) is 15.1. The van der Waals surface area contributed by atoms with Crippen LogP contribution in [0.1, 0.15) is 0 Å². The third-order valence-corrected chi connectivity index (χ3v) is 14.8. The molecule has 15 rings (SSSR count). The molecule has 0 saturated heterocycles. The molecule has 0 unspecified atom stereocenters.